The number of hydrogen-bond donors (Lipinski definition) is 1. The van der Waals surface area contributed by atoms with Gasteiger partial charge in [0.2, 0.25) is 10.0 Å². The van der Waals surface area contributed by atoms with Gasteiger partial charge in [-0.25, -0.2) is 13.1 Å². The molecule has 0 saturated heterocycles. The van der Waals surface area contributed by atoms with E-state index in [4.69, 9.17) is 21.6 Å². The number of rotatable bonds is 4. The number of halogens is 1. The maximum atomic E-state index is 12.3. The van der Waals surface area contributed by atoms with E-state index < -0.39 is 16.1 Å². The SMILES string of the molecule is CC(CC#N)NS(=O)(=O)c1cc(Cl)cc2c1OCC2. The second-order valence-corrected chi connectivity index (χ2v) is 6.49. The molecule has 1 N–H and O–H groups in total. The lowest BCUT2D eigenvalue weighted by molar-refractivity contribution is 0.348. The lowest BCUT2D eigenvalue weighted by atomic mass is 10.2. The Morgan fingerprint density at radius 1 is 1.58 bits per heavy atom. The molecule has 1 unspecified atom stereocenters. The van der Waals surface area contributed by atoms with Gasteiger partial charge in [-0.3, -0.25) is 0 Å². The zero-order valence-electron chi connectivity index (χ0n) is 10.3. The van der Waals surface area contributed by atoms with Crippen LogP contribution in [0, 0.1) is 11.3 Å². The van der Waals surface area contributed by atoms with Crippen LogP contribution in [0.2, 0.25) is 5.02 Å². The van der Waals surface area contributed by atoms with E-state index in [1.807, 2.05) is 6.07 Å². The van der Waals surface area contributed by atoms with Crippen molar-refractivity contribution in [1.82, 2.24) is 4.72 Å². The number of nitrogens with zero attached hydrogens (tertiary/aromatic N) is 1. The van der Waals surface area contributed by atoms with Gasteiger partial charge in [0, 0.05) is 23.0 Å². The van der Waals surface area contributed by atoms with Gasteiger partial charge in [0.1, 0.15) is 10.6 Å². The van der Waals surface area contributed by atoms with Crippen molar-refractivity contribution < 1.29 is 13.2 Å². The molecule has 0 fully saturated rings. The van der Waals surface area contributed by atoms with Gasteiger partial charge in [0.05, 0.1) is 19.1 Å². The summed E-state index contributed by atoms with van der Waals surface area (Å²) >= 11 is 5.93. The van der Waals surface area contributed by atoms with Crippen LogP contribution in [0.4, 0.5) is 0 Å². The first-order valence-electron chi connectivity index (χ1n) is 5.78. The highest BCUT2D eigenvalue weighted by Crippen LogP contribution is 2.35. The van der Waals surface area contributed by atoms with Crippen LogP contribution in [0.3, 0.4) is 0 Å². The summed E-state index contributed by atoms with van der Waals surface area (Å²) in [5.74, 6) is 0.362. The van der Waals surface area contributed by atoms with Crippen LogP contribution in [-0.4, -0.2) is 21.1 Å². The maximum absolute atomic E-state index is 12.3. The van der Waals surface area contributed by atoms with Crippen LogP contribution < -0.4 is 9.46 Å². The van der Waals surface area contributed by atoms with Crippen LogP contribution >= 0.6 is 11.6 Å². The summed E-state index contributed by atoms with van der Waals surface area (Å²) in [4.78, 5) is 0.0392. The van der Waals surface area contributed by atoms with Gasteiger partial charge < -0.3 is 4.74 Å². The van der Waals surface area contributed by atoms with Crippen LogP contribution in [0.5, 0.6) is 5.75 Å². The fraction of sp³-hybridized carbons (Fsp3) is 0.417. The minimum atomic E-state index is -3.74. The van der Waals surface area contributed by atoms with Crippen molar-refractivity contribution >= 4 is 21.6 Å². The van der Waals surface area contributed by atoms with Gasteiger partial charge in [0.25, 0.3) is 0 Å². The van der Waals surface area contributed by atoms with Crippen LogP contribution in [-0.2, 0) is 16.4 Å². The largest absolute Gasteiger partial charge is 0.492 e. The summed E-state index contributed by atoms with van der Waals surface area (Å²) in [6.07, 6.45) is 0.745. The summed E-state index contributed by atoms with van der Waals surface area (Å²) in [6.45, 7) is 2.08. The van der Waals surface area contributed by atoms with Crippen molar-refractivity contribution in [3.8, 4) is 11.8 Å². The number of nitrogens with one attached hydrogen (secondary N) is 1. The second-order valence-electron chi connectivity index (χ2n) is 4.38. The molecule has 1 aromatic carbocycles. The van der Waals surface area contributed by atoms with Crippen LogP contribution in [0.15, 0.2) is 17.0 Å². The average Bonchev–Trinajstić information content (AvgIpc) is 2.74. The second kappa shape index (κ2) is 5.37. The zero-order chi connectivity index (χ0) is 14.0. The lowest BCUT2D eigenvalue weighted by Crippen LogP contribution is -2.32. The molecule has 5 nitrogen and oxygen atoms in total. The fourth-order valence-electron chi connectivity index (χ4n) is 1.94. The predicted molar refractivity (Wildman–Crippen MR) is 70.7 cm³/mol. The summed E-state index contributed by atoms with van der Waals surface area (Å²) in [5, 5.41) is 8.93. The molecule has 0 spiro atoms. The molecule has 1 aromatic rings. The summed E-state index contributed by atoms with van der Waals surface area (Å²) in [5.41, 5.74) is 0.792. The topological polar surface area (TPSA) is 79.2 Å². The fourth-order valence-corrected chi connectivity index (χ4v) is 3.70. The van der Waals surface area contributed by atoms with Gasteiger partial charge >= 0.3 is 0 Å². The third-order valence-electron chi connectivity index (χ3n) is 2.76. The van der Waals surface area contributed by atoms with Crippen molar-refractivity contribution in [3.63, 3.8) is 0 Å². The molecule has 1 aliphatic rings. The highest BCUT2D eigenvalue weighted by atomic mass is 35.5. The van der Waals surface area contributed by atoms with E-state index in [0.717, 1.165) is 5.56 Å². The van der Waals surface area contributed by atoms with E-state index in [1.54, 1.807) is 13.0 Å². The standard InChI is InChI=1S/C12H13ClN2O3S/c1-8(2-4-14)15-19(16,17)11-7-10(13)6-9-3-5-18-12(9)11/h6-8,15H,2-3,5H2,1H3. The highest BCUT2D eigenvalue weighted by molar-refractivity contribution is 7.89. The number of fused-ring (bicyclic) bond motifs is 1. The summed E-state index contributed by atoms with van der Waals surface area (Å²) in [7, 11) is -3.74. The molecule has 0 aromatic heterocycles. The normalized spacial score (nSPS) is 15.4. The molecule has 1 aliphatic heterocycles. The van der Waals surface area contributed by atoms with Crippen LogP contribution in [0.1, 0.15) is 18.9 Å². The Kier molecular flexibility index (Phi) is 3.99. The van der Waals surface area contributed by atoms with E-state index in [0.29, 0.717) is 23.8 Å². The number of benzene rings is 1. The molecule has 0 radical (unpaired) electrons. The van der Waals surface area contributed by atoms with Gasteiger partial charge in [-0.15, -0.1) is 0 Å². The molecule has 102 valence electrons. The molecule has 1 atom stereocenters. The Hall–Kier alpha value is -1.29. The molecule has 1 heterocycles. The first-order chi connectivity index (χ1) is 8.94. The van der Waals surface area contributed by atoms with Crippen molar-refractivity contribution in [2.45, 2.75) is 30.7 Å². The number of hydrogen-bond acceptors (Lipinski definition) is 4. The minimum Gasteiger partial charge on any atom is -0.492 e. The molecule has 0 amide bonds. The first-order valence-corrected chi connectivity index (χ1v) is 7.64. The first kappa shape index (κ1) is 14.1. The van der Waals surface area contributed by atoms with Gasteiger partial charge in [-0.05, 0) is 19.1 Å². The van der Waals surface area contributed by atoms with E-state index in [2.05, 4.69) is 4.72 Å². The molecular formula is C12H13ClN2O3S. The van der Waals surface area contributed by atoms with Crippen LogP contribution in [0.25, 0.3) is 0 Å². The van der Waals surface area contributed by atoms with Crippen molar-refractivity contribution in [3.05, 3.63) is 22.7 Å². The Bertz CT molecular complexity index is 637. The van der Waals surface area contributed by atoms with E-state index in [1.165, 1.54) is 6.07 Å². The molecule has 2 rings (SSSR count). The average molecular weight is 301 g/mol. The summed E-state index contributed by atoms with van der Waals surface area (Å²) < 4.78 is 32.4. The predicted octanol–water partition coefficient (Wildman–Crippen LogP) is 1.86. The van der Waals surface area contributed by atoms with Crippen molar-refractivity contribution in [2.24, 2.45) is 0 Å². The molecule has 7 heteroatoms. The Labute approximate surface area is 117 Å². The van der Waals surface area contributed by atoms with Gasteiger partial charge in [-0.2, -0.15) is 5.26 Å². The van der Waals surface area contributed by atoms with Gasteiger partial charge in [0.15, 0.2) is 0 Å². The number of ether oxygens (including phenoxy) is 1. The number of sulfonamides is 1. The Balaban J connectivity index is 2.39. The Morgan fingerprint density at radius 3 is 3.00 bits per heavy atom. The van der Waals surface area contributed by atoms with E-state index in [9.17, 15) is 8.42 Å². The highest BCUT2D eigenvalue weighted by Gasteiger charge is 2.27. The maximum Gasteiger partial charge on any atom is 0.244 e. The smallest absolute Gasteiger partial charge is 0.244 e. The minimum absolute atomic E-state index is 0.0392. The molecule has 0 saturated carbocycles. The third-order valence-corrected chi connectivity index (χ3v) is 4.57. The van der Waals surface area contributed by atoms with Crippen molar-refractivity contribution in [2.75, 3.05) is 6.61 Å². The molecular weight excluding hydrogens is 288 g/mol. The molecule has 0 aliphatic carbocycles. The monoisotopic (exact) mass is 300 g/mol. The molecule has 0 bridgehead atoms. The lowest BCUT2D eigenvalue weighted by Gasteiger charge is -2.14. The van der Waals surface area contributed by atoms with Crippen molar-refractivity contribution in [1.29, 1.82) is 5.26 Å². The third kappa shape index (κ3) is 3.00. The quantitative estimate of drug-likeness (QED) is 0.920. The zero-order valence-corrected chi connectivity index (χ0v) is 11.9. The van der Waals surface area contributed by atoms with Gasteiger partial charge in [-0.1, -0.05) is 11.6 Å². The number of nitriles is 1. The summed E-state index contributed by atoms with van der Waals surface area (Å²) in [6, 6.07) is 4.53. The van der Waals surface area contributed by atoms with E-state index >= 15 is 0 Å². The van der Waals surface area contributed by atoms with E-state index in [-0.39, 0.29) is 11.3 Å². The Morgan fingerprint density at radius 2 is 2.32 bits per heavy atom. The molecule has 19 heavy (non-hydrogen) atoms.